The highest BCUT2D eigenvalue weighted by atomic mass is 14.9. The van der Waals surface area contributed by atoms with Crippen molar-refractivity contribution in [3.05, 3.63) is 437 Å². The third-order valence-corrected chi connectivity index (χ3v) is 20.6. The summed E-state index contributed by atoms with van der Waals surface area (Å²) >= 11 is 0. The largest absolute Gasteiger partial charge is 0.228 e. The third kappa shape index (κ3) is 14.6. The average molecular weight is 1400 g/mol. The Labute approximate surface area is 642 Å². The summed E-state index contributed by atoms with van der Waals surface area (Å²) in [5.41, 5.74) is 33.7. The highest BCUT2D eigenvalue weighted by Crippen LogP contribution is 2.40. The zero-order valence-electron chi connectivity index (χ0n) is 60.4. The molecule has 4 nitrogen and oxygen atoms in total. The zero-order valence-corrected chi connectivity index (χ0v) is 60.4. The number of rotatable bonds is 15. The van der Waals surface area contributed by atoms with E-state index in [0.29, 0.717) is 11.6 Å². The lowest BCUT2D eigenvalue weighted by Crippen LogP contribution is -1.95. The maximum Gasteiger partial charge on any atom is 0.160 e. The molecule has 516 valence electrons. The Morgan fingerprint density at radius 2 is 0.291 bits per heavy atom. The normalized spacial score (nSPS) is 11.1. The van der Waals surface area contributed by atoms with E-state index in [2.05, 4.69) is 419 Å². The van der Waals surface area contributed by atoms with Gasteiger partial charge in [0.15, 0.2) is 11.6 Å². The average Bonchev–Trinajstić information content (AvgIpc) is 0.777. The molecular weight excluding hydrogens is 1330 g/mol. The highest BCUT2D eigenvalue weighted by molar-refractivity contribution is 5.97. The standard InChI is InChI=1S/C56H38N2.C50H34N2/c1-3-13-39(14-4-1)41-27-31-43(32-28-41)45-17-9-19-47(35-45)49-21-11-23-51(37-49)55-53-25-7-8-26-54(53)57-56(58-55)52-24-12-22-50(38-52)48-20-10-18-46(36-48)44-33-29-42(30-34-44)40-15-5-2-6-16-40;1-4-14-35(15-5-1)38-26-28-39(29-27-38)50-51-48-25-11-10-24-47(48)49(52-50)43-23-13-21-41(31-43)40-20-12-22-42(30-40)46-33-44(36-16-6-2-7-17-36)32-45(34-46)37-18-8-3-9-19-37/h1-38H;1-34H. The molecule has 0 N–H and O–H groups in total. The van der Waals surface area contributed by atoms with E-state index < -0.39 is 0 Å². The molecule has 0 spiro atoms. The van der Waals surface area contributed by atoms with Gasteiger partial charge in [-0.05, 0) is 189 Å². The Morgan fingerprint density at radius 1 is 0.109 bits per heavy atom. The molecule has 0 aliphatic heterocycles. The van der Waals surface area contributed by atoms with E-state index in [1.54, 1.807) is 0 Å². The fourth-order valence-electron chi connectivity index (χ4n) is 14.8. The van der Waals surface area contributed by atoms with Gasteiger partial charge in [0.1, 0.15) is 0 Å². The Bertz CT molecular complexity index is 6400. The molecule has 0 saturated carbocycles. The minimum Gasteiger partial charge on any atom is -0.228 e. The number of aromatic nitrogens is 4. The van der Waals surface area contributed by atoms with Crippen LogP contribution >= 0.6 is 0 Å². The third-order valence-electron chi connectivity index (χ3n) is 20.6. The van der Waals surface area contributed by atoms with E-state index in [1.165, 1.54) is 89.0 Å². The van der Waals surface area contributed by atoms with Gasteiger partial charge in [-0.25, -0.2) is 19.9 Å². The summed E-state index contributed by atoms with van der Waals surface area (Å²) in [6.07, 6.45) is 0. The van der Waals surface area contributed by atoms with E-state index in [0.717, 1.165) is 88.8 Å². The van der Waals surface area contributed by atoms with E-state index in [1.807, 2.05) is 18.2 Å². The van der Waals surface area contributed by atoms with Crippen molar-refractivity contribution in [2.45, 2.75) is 0 Å². The first kappa shape index (κ1) is 67.3. The van der Waals surface area contributed by atoms with Gasteiger partial charge in [-0.15, -0.1) is 0 Å². The van der Waals surface area contributed by atoms with Crippen LogP contribution in [0, 0.1) is 0 Å². The Morgan fingerprint density at radius 3 is 0.618 bits per heavy atom. The Kier molecular flexibility index (Phi) is 18.9. The summed E-state index contributed by atoms with van der Waals surface area (Å²) in [4.78, 5) is 20.6. The number of hydrogen-bond donors (Lipinski definition) is 0. The number of hydrogen-bond acceptors (Lipinski definition) is 4. The lowest BCUT2D eigenvalue weighted by atomic mass is 9.92. The molecule has 17 aromatic carbocycles. The number of para-hydroxylation sites is 2. The molecule has 4 heteroatoms. The van der Waals surface area contributed by atoms with E-state index in [-0.39, 0.29) is 0 Å². The van der Waals surface area contributed by atoms with Gasteiger partial charge in [-0.2, -0.15) is 0 Å². The summed E-state index contributed by atoms with van der Waals surface area (Å²) in [6, 6.07) is 155. The molecular formula is C106H72N4. The summed E-state index contributed by atoms with van der Waals surface area (Å²) < 4.78 is 0. The van der Waals surface area contributed by atoms with Gasteiger partial charge in [0.05, 0.1) is 22.4 Å². The smallest absolute Gasteiger partial charge is 0.160 e. The van der Waals surface area contributed by atoms with Crippen LogP contribution < -0.4 is 0 Å². The SMILES string of the molecule is c1ccc(-c2ccc(-c3cccc(-c4cccc(-c5nc(-c6cccc(-c7cccc(-c8ccc(-c9ccccc9)cc8)c7)c6)c6ccccc6n5)c4)c3)cc2)cc1.c1ccc(-c2ccc(-c3nc(-c4cccc(-c5cccc(-c6cc(-c7ccccc7)cc(-c7ccccc7)c6)c5)c4)c4ccccc4n3)cc2)cc1. The van der Waals surface area contributed by atoms with Gasteiger partial charge in [0.25, 0.3) is 0 Å². The van der Waals surface area contributed by atoms with Crippen molar-refractivity contribution in [3.63, 3.8) is 0 Å². The topological polar surface area (TPSA) is 51.6 Å². The summed E-state index contributed by atoms with van der Waals surface area (Å²) in [6.45, 7) is 0. The zero-order chi connectivity index (χ0) is 73.4. The predicted octanol–water partition coefficient (Wildman–Crippen LogP) is 28.3. The second kappa shape index (κ2) is 30.9. The van der Waals surface area contributed by atoms with Crippen LogP contribution in [0.4, 0.5) is 0 Å². The fourth-order valence-corrected chi connectivity index (χ4v) is 14.8. The van der Waals surface area contributed by atoms with Crippen LogP contribution in [0.25, 0.3) is 189 Å². The Hall–Kier alpha value is -14.6. The predicted molar refractivity (Wildman–Crippen MR) is 461 cm³/mol. The van der Waals surface area contributed by atoms with Crippen LogP contribution in [-0.4, -0.2) is 19.9 Å². The molecule has 19 aromatic rings. The van der Waals surface area contributed by atoms with Crippen LogP contribution in [0.5, 0.6) is 0 Å². The van der Waals surface area contributed by atoms with Crippen molar-refractivity contribution >= 4 is 21.8 Å². The second-order valence-corrected chi connectivity index (χ2v) is 27.7. The molecule has 2 aromatic heterocycles. The summed E-state index contributed by atoms with van der Waals surface area (Å²) in [5, 5.41) is 2.06. The first-order chi connectivity index (χ1) is 54.5. The summed E-state index contributed by atoms with van der Waals surface area (Å²) in [5.74, 6) is 1.42. The Balaban J connectivity index is 0.000000155. The van der Waals surface area contributed by atoms with Gasteiger partial charge in [0, 0.05) is 33.0 Å². The van der Waals surface area contributed by atoms with Crippen molar-refractivity contribution in [2.75, 3.05) is 0 Å². The maximum absolute atomic E-state index is 5.30. The minimum atomic E-state index is 0.703. The van der Waals surface area contributed by atoms with E-state index >= 15 is 0 Å². The quantitative estimate of drug-likeness (QED) is 0.103. The van der Waals surface area contributed by atoms with E-state index in [9.17, 15) is 0 Å². The van der Waals surface area contributed by atoms with Crippen molar-refractivity contribution in [3.8, 4) is 168 Å². The van der Waals surface area contributed by atoms with Crippen LogP contribution in [0.15, 0.2) is 437 Å². The van der Waals surface area contributed by atoms with Gasteiger partial charge in [0.2, 0.25) is 0 Å². The molecule has 0 amide bonds. The minimum absolute atomic E-state index is 0.703. The van der Waals surface area contributed by atoms with Crippen molar-refractivity contribution in [2.24, 2.45) is 0 Å². The van der Waals surface area contributed by atoms with Crippen LogP contribution in [0.3, 0.4) is 0 Å². The lowest BCUT2D eigenvalue weighted by molar-refractivity contribution is 1.23. The van der Waals surface area contributed by atoms with Crippen LogP contribution in [-0.2, 0) is 0 Å². The second-order valence-electron chi connectivity index (χ2n) is 27.7. The highest BCUT2D eigenvalue weighted by Gasteiger charge is 2.18. The monoisotopic (exact) mass is 1400 g/mol. The fraction of sp³-hybridized carbons (Fsp3) is 0. The van der Waals surface area contributed by atoms with Crippen molar-refractivity contribution in [1.29, 1.82) is 0 Å². The van der Waals surface area contributed by atoms with Crippen molar-refractivity contribution < 1.29 is 0 Å². The molecule has 0 saturated heterocycles. The summed E-state index contributed by atoms with van der Waals surface area (Å²) in [7, 11) is 0. The van der Waals surface area contributed by atoms with Gasteiger partial charge in [-0.3, -0.25) is 0 Å². The molecule has 2 heterocycles. The molecule has 110 heavy (non-hydrogen) atoms. The molecule has 0 fully saturated rings. The van der Waals surface area contributed by atoms with E-state index in [4.69, 9.17) is 19.9 Å². The molecule has 0 unspecified atom stereocenters. The molecule has 0 atom stereocenters. The number of nitrogens with zero attached hydrogens (tertiary/aromatic N) is 4. The number of fused-ring (bicyclic) bond motifs is 2. The van der Waals surface area contributed by atoms with Crippen LogP contribution in [0.1, 0.15) is 0 Å². The molecule has 19 rings (SSSR count). The van der Waals surface area contributed by atoms with Gasteiger partial charge < -0.3 is 0 Å². The molecule has 0 radical (unpaired) electrons. The maximum atomic E-state index is 5.30. The van der Waals surface area contributed by atoms with Gasteiger partial charge >= 0.3 is 0 Å². The van der Waals surface area contributed by atoms with Crippen LogP contribution in [0.2, 0.25) is 0 Å². The molecule has 0 aliphatic carbocycles. The molecule has 0 aliphatic rings. The first-order valence-corrected chi connectivity index (χ1v) is 37.4. The van der Waals surface area contributed by atoms with Gasteiger partial charge in [-0.1, -0.05) is 370 Å². The molecule has 0 bridgehead atoms. The van der Waals surface area contributed by atoms with Crippen molar-refractivity contribution in [1.82, 2.24) is 19.9 Å². The lowest BCUT2D eigenvalue weighted by Gasteiger charge is -2.13. The number of benzene rings is 17. The first-order valence-electron chi connectivity index (χ1n) is 37.4.